The fourth-order valence-corrected chi connectivity index (χ4v) is 2.11. The molecule has 0 bridgehead atoms. The predicted octanol–water partition coefficient (Wildman–Crippen LogP) is 2.26. The first kappa shape index (κ1) is 16.7. The summed E-state index contributed by atoms with van der Waals surface area (Å²) in [5.41, 5.74) is 0.596. The molecular formula is C15H25NO4. The number of furan rings is 1. The molecule has 0 spiro atoms. The zero-order valence-electron chi connectivity index (χ0n) is 12.8. The quantitative estimate of drug-likeness (QED) is 0.716. The number of carbonyl (C=O) groups is 1. The Morgan fingerprint density at radius 1 is 1.50 bits per heavy atom. The number of hydrogen-bond donors (Lipinski definition) is 2. The lowest BCUT2D eigenvalue weighted by Gasteiger charge is -2.24. The number of aliphatic hydroxyl groups is 1. The van der Waals surface area contributed by atoms with Crippen molar-refractivity contribution in [2.24, 2.45) is 5.41 Å². The first-order valence-electron chi connectivity index (χ1n) is 6.89. The van der Waals surface area contributed by atoms with Gasteiger partial charge in [-0.15, -0.1) is 0 Å². The molecule has 0 aliphatic heterocycles. The van der Waals surface area contributed by atoms with Crippen LogP contribution in [0.4, 0.5) is 0 Å². The van der Waals surface area contributed by atoms with Crippen LogP contribution in [-0.2, 0) is 11.3 Å². The van der Waals surface area contributed by atoms with E-state index >= 15 is 0 Å². The van der Waals surface area contributed by atoms with Crippen LogP contribution in [0.2, 0.25) is 0 Å². The Labute approximate surface area is 120 Å². The number of nitrogens with one attached hydrogen (secondary N) is 1. The van der Waals surface area contributed by atoms with Crippen LogP contribution in [0.3, 0.4) is 0 Å². The van der Waals surface area contributed by atoms with Crippen molar-refractivity contribution in [2.75, 3.05) is 20.3 Å². The molecule has 0 fully saturated rings. The lowest BCUT2D eigenvalue weighted by atomic mass is 9.88. The topological polar surface area (TPSA) is 71.7 Å². The molecule has 2 N–H and O–H groups in total. The molecule has 5 heteroatoms. The zero-order chi connectivity index (χ0) is 15.2. The van der Waals surface area contributed by atoms with E-state index in [2.05, 4.69) is 19.2 Å². The molecular weight excluding hydrogens is 258 g/mol. The van der Waals surface area contributed by atoms with Crippen molar-refractivity contribution in [3.63, 3.8) is 0 Å². The third-order valence-electron chi connectivity index (χ3n) is 3.29. The van der Waals surface area contributed by atoms with Gasteiger partial charge in [0, 0.05) is 13.2 Å². The molecule has 1 aromatic heterocycles. The average Bonchev–Trinajstić information content (AvgIpc) is 2.76. The predicted molar refractivity (Wildman–Crippen MR) is 76.6 cm³/mol. The van der Waals surface area contributed by atoms with Gasteiger partial charge in [-0.3, -0.25) is 0 Å². The van der Waals surface area contributed by atoms with E-state index in [0.717, 1.165) is 25.1 Å². The molecule has 114 valence electrons. The van der Waals surface area contributed by atoms with Gasteiger partial charge in [-0.05, 0) is 31.2 Å². The first-order chi connectivity index (χ1) is 9.39. The van der Waals surface area contributed by atoms with E-state index in [1.165, 1.54) is 7.11 Å². The highest BCUT2D eigenvalue weighted by molar-refractivity contribution is 5.90. The maximum absolute atomic E-state index is 11.5. The number of methoxy groups -OCH3 is 1. The minimum Gasteiger partial charge on any atom is -0.465 e. The monoisotopic (exact) mass is 283 g/mol. The Hall–Kier alpha value is -1.33. The summed E-state index contributed by atoms with van der Waals surface area (Å²) in [5, 5.41) is 12.2. The summed E-state index contributed by atoms with van der Waals surface area (Å²) < 4.78 is 10.2. The van der Waals surface area contributed by atoms with Gasteiger partial charge in [0.15, 0.2) is 0 Å². The molecule has 0 aromatic carbocycles. The number of esters is 1. The van der Waals surface area contributed by atoms with Crippen molar-refractivity contribution in [1.29, 1.82) is 0 Å². The summed E-state index contributed by atoms with van der Waals surface area (Å²) in [6, 6.07) is 1.72. The minimum absolute atomic E-state index is 0.121. The number of ether oxygens (including phenoxy) is 1. The molecule has 0 saturated carbocycles. The molecule has 0 unspecified atom stereocenters. The fourth-order valence-electron chi connectivity index (χ4n) is 2.11. The summed E-state index contributed by atoms with van der Waals surface area (Å²) in [6.07, 6.45) is 1.77. The van der Waals surface area contributed by atoms with Gasteiger partial charge in [-0.1, -0.05) is 13.8 Å². The van der Waals surface area contributed by atoms with Gasteiger partial charge in [0.1, 0.15) is 17.1 Å². The largest absolute Gasteiger partial charge is 0.465 e. The molecule has 0 amide bonds. The summed E-state index contributed by atoms with van der Waals surface area (Å²) >= 11 is 0. The molecule has 1 heterocycles. The Balaban J connectivity index is 2.48. The molecule has 0 radical (unpaired) electrons. The number of rotatable bonds is 8. The molecule has 0 aliphatic carbocycles. The Morgan fingerprint density at radius 3 is 2.80 bits per heavy atom. The zero-order valence-corrected chi connectivity index (χ0v) is 12.8. The third kappa shape index (κ3) is 4.98. The van der Waals surface area contributed by atoms with Gasteiger partial charge in [0.25, 0.3) is 0 Å². The summed E-state index contributed by atoms with van der Waals surface area (Å²) in [5.74, 6) is 0.926. The van der Waals surface area contributed by atoms with Crippen LogP contribution in [0.1, 0.15) is 48.6 Å². The summed E-state index contributed by atoms with van der Waals surface area (Å²) in [7, 11) is 1.36. The van der Waals surface area contributed by atoms with Gasteiger partial charge >= 0.3 is 5.97 Å². The molecule has 0 atom stereocenters. The number of hydrogen-bond acceptors (Lipinski definition) is 5. The van der Waals surface area contributed by atoms with Crippen molar-refractivity contribution >= 4 is 5.97 Å². The van der Waals surface area contributed by atoms with Gasteiger partial charge < -0.3 is 19.6 Å². The second-order valence-corrected chi connectivity index (χ2v) is 5.77. The van der Waals surface area contributed by atoms with Gasteiger partial charge in [-0.25, -0.2) is 4.79 Å². The van der Waals surface area contributed by atoms with Crippen LogP contribution < -0.4 is 5.32 Å². The SMILES string of the molecule is COC(=O)c1cc(CNCC(C)(C)CCCO)oc1C. The van der Waals surface area contributed by atoms with Crippen molar-refractivity contribution in [3.05, 3.63) is 23.2 Å². The summed E-state index contributed by atoms with van der Waals surface area (Å²) in [4.78, 5) is 11.5. The van der Waals surface area contributed by atoms with Gasteiger partial charge in [0.2, 0.25) is 0 Å². The normalized spacial score (nSPS) is 11.7. The van der Waals surface area contributed by atoms with Gasteiger partial charge in [0.05, 0.1) is 13.7 Å². The maximum atomic E-state index is 11.5. The first-order valence-corrected chi connectivity index (χ1v) is 6.89. The van der Waals surface area contributed by atoms with Crippen LogP contribution in [-0.4, -0.2) is 31.3 Å². The lowest BCUT2D eigenvalue weighted by Crippen LogP contribution is -2.29. The Kier molecular flexibility index (Phi) is 6.23. The standard InChI is InChI=1S/C15H25NO4/c1-11-13(14(18)19-4)8-12(20-11)9-16-10-15(2,3)6-5-7-17/h8,16-17H,5-7,9-10H2,1-4H3. The third-order valence-corrected chi connectivity index (χ3v) is 3.29. The van der Waals surface area contributed by atoms with E-state index in [4.69, 9.17) is 14.3 Å². The van der Waals surface area contributed by atoms with Crippen molar-refractivity contribution < 1.29 is 19.1 Å². The van der Waals surface area contributed by atoms with E-state index in [9.17, 15) is 4.79 Å². The lowest BCUT2D eigenvalue weighted by molar-refractivity contribution is 0.0599. The van der Waals surface area contributed by atoms with Crippen LogP contribution >= 0.6 is 0 Å². The van der Waals surface area contributed by atoms with E-state index in [-0.39, 0.29) is 18.0 Å². The molecule has 0 saturated heterocycles. The average molecular weight is 283 g/mol. The second-order valence-electron chi connectivity index (χ2n) is 5.77. The van der Waals surface area contributed by atoms with Crippen LogP contribution in [0.25, 0.3) is 0 Å². The number of aryl methyl sites for hydroxylation is 1. The van der Waals surface area contributed by atoms with Crippen LogP contribution in [0.15, 0.2) is 10.5 Å². The van der Waals surface area contributed by atoms with Crippen LogP contribution in [0, 0.1) is 12.3 Å². The Bertz CT molecular complexity index is 437. The molecule has 5 nitrogen and oxygen atoms in total. The minimum atomic E-state index is -0.374. The van der Waals surface area contributed by atoms with E-state index < -0.39 is 0 Å². The smallest absolute Gasteiger partial charge is 0.341 e. The molecule has 1 aromatic rings. The highest BCUT2D eigenvalue weighted by Crippen LogP contribution is 2.21. The van der Waals surface area contributed by atoms with E-state index in [1.54, 1.807) is 13.0 Å². The van der Waals surface area contributed by atoms with E-state index in [1.807, 2.05) is 0 Å². The highest BCUT2D eigenvalue weighted by Gasteiger charge is 2.18. The summed E-state index contributed by atoms with van der Waals surface area (Å²) in [6.45, 7) is 7.68. The highest BCUT2D eigenvalue weighted by atomic mass is 16.5. The van der Waals surface area contributed by atoms with E-state index in [0.29, 0.717) is 17.9 Å². The van der Waals surface area contributed by atoms with Crippen molar-refractivity contribution in [1.82, 2.24) is 5.32 Å². The molecule has 0 aliphatic rings. The second kappa shape index (κ2) is 7.45. The number of aliphatic hydroxyl groups excluding tert-OH is 1. The molecule has 20 heavy (non-hydrogen) atoms. The van der Waals surface area contributed by atoms with Crippen molar-refractivity contribution in [3.8, 4) is 0 Å². The van der Waals surface area contributed by atoms with Gasteiger partial charge in [-0.2, -0.15) is 0 Å². The van der Waals surface area contributed by atoms with Crippen LogP contribution in [0.5, 0.6) is 0 Å². The Morgan fingerprint density at radius 2 is 2.20 bits per heavy atom. The molecule has 1 rings (SSSR count). The maximum Gasteiger partial charge on any atom is 0.341 e. The fraction of sp³-hybridized carbons (Fsp3) is 0.667. The number of carbonyl (C=O) groups excluding carboxylic acids is 1. The van der Waals surface area contributed by atoms with Crippen molar-refractivity contribution in [2.45, 2.75) is 40.2 Å².